The third kappa shape index (κ3) is 3.95. The summed E-state index contributed by atoms with van der Waals surface area (Å²) in [6.07, 6.45) is 7.01. The lowest BCUT2D eigenvalue weighted by atomic mass is 10.1. The van der Waals surface area contributed by atoms with Crippen LogP contribution in [0.15, 0.2) is 41.7 Å². The van der Waals surface area contributed by atoms with Gasteiger partial charge in [0.05, 0.1) is 31.2 Å². The van der Waals surface area contributed by atoms with Crippen LogP contribution in [0.1, 0.15) is 37.5 Å². The van der Waals surface area contributed by atoms with Crippen molar-refractivity contribution in [2.75, 3.05) is 18.0 Å². The second-order valence-corrected chi connectivity index (χ2v) is 9.18. The summed E-state index contributed by atoms with van der Waals surface area (Å²) >= 11 is 0. The van der Waals surface area contributed by atoms with Gasteiger partial charge in [-0.1, -0.05) is 0 Å². The van der Waals surface area contributed by atoms with E-state index in [-0.39, 0.29) is 46.0 Å². The van der Waals surface area contributed by atoms with Crippen LogP contribution in [0, 0.1) is 11.6 Å². The standard InChI is InChI=1S/C24H23F2N7O2/c1-13-9-32(11-19(35-13)14-8-28-33(10-14)16-4-5-16)24-29-20(17-6-3-15(25)7-18(17)26)21-22(30-24)23(34)31(2)12-27-21/h3,6-8,10,12-13,16,19H,4-5,9,11H2,1-2H3/t13-,19-/m0/s1. The van der Waals surface area contributed by atoms with E-state index in [0.717, 1.165) is 30.5 Å². The summed E-state index contributed by atoms with van der Waals surface area (Å²) in [5.74, 6) is -1.24. The van der Waals surface area contributed by atoms with Crippen LogP contribution in [0.25, 0.3) is 22.3 Å². The second-order valence-electron chi connectivity index (χ2n) is 9.18. The minimum atomic E-state index is -0.792. The predicted octanol–water partition coefficient (Wildman–Crippen LogP) is 3.17. The minimum Gasteiger partial charge on any atom is -0.367 e. The fourth-order valence-corrected chi connectivity index (χ4v) is 4.45. The molecule has 9 nitrogen and oxygen atoms in total. The van der Waals surface area contributed by atoms with Crippen molar-refractivity contribution in [3.05, 3.63) is 64.5 Å². The largest absolute Gasteiger partial charge is 0.367 e. The number of hydrogen-bond donors (Lipinski definition) is 0. The Bertz CT molecular complexity index is 1500. The average molecular weight is 479 g/mol. The smallest absolute Gasteiger partial charge is 0.279 e. The van der Waals surface area contributed by atoms with E-state index < -0.39 is 11.6 Å². The Kier molecular flexibility index (Phi) is 5.10. The van der Waals surface area contributed by atoms with Crippen molar-refractivity contribution >= 4 is 17.0 Å². The number of aryl methyl sites for hydroxylation is 1. The Hall–Kier alpha value is -3.73. The summed E-state index contributed by atoms with van der Waals surface area (Å²) in [6.45, 7) is 2.86. The summed E-state index contributed by atoms with van der Waals surface area (Å²) in [5, 5.41) is 4.47. The molecule has 11 heteroatoms. The van der Waals surface area contributed by atoms with Crippen molar-refractivity contribution in [2.45, 2.75) is 38.0 Å². The van der Waals surface area contributed by atoms with E-state index in [0.29, 0.717) is 19.1 Å². The van der Waals surface area contributed by atoms with Gasteiger partial charge in [0.25, 0.3) is 5.56 Å². The number of nitrogens with zero attached hydrogens (tertiary/aromatic N) is 7. The first-order chi connectivity index (χ1) is 16.9. The number of morpholine rings is 1. The number of fused-ring (bicyclic) bond motifs is 1. The van der Waals surface area contributed by atoms with E-state index in [2.05, 4.69) is 20.1 Å². The molecule has 1 saturated heterocycles. The normalized spacial score (nSPS) is 20.5. The number of halogens is 2. The van der Waals surface area contributed by atoms with Gasteiger partial charge in [-0.3, -0.25) is 9.48 Å². The quantitative estimate of drug-likeness (QED) is 0.444. The van der Waals surface area contributed by atoms with E-state index in [9.17, 15) is 13.6 Å². The van der Waals surface area contributed by atoms with Crippen molar-refractivity contribution in [3.63, 3.8) is 0 Å². The van der Waals surface area contributed by atoms with Crippen LogP contribution in [-0.4, -0.2) is 48.5 Å². The first-order valence-electron chi connectivity index (χ1n) is 11.5. The lowest BCUT2D eigenvalue weighted by Crippen LogP contribution is -2.43. The molecule has 6 rings (SSSR count). The molecule has 1 saturated carbocycles. The zero-order valence-corrected chi connectivity index (χ0v) is 19.2. The molecule has 2 atom stereocenters. The van der Waals surface area contributed by atoms with Crippen LogP contribution in [0.2, 0.25) is 0 Å². The maximum Gasteiger partial charge on any atom is 0.279 e. The molecule has 3 aromatic heterocycles. The Balaban J connectivity index is 1.45. The Morgan fingerprint density at radius 3 is 2.71 bits per heavy atom. The van der Waals surface area contributed by atoms with E-state index in [1.807, 2.05) is 28.9 Å². The average Bonchev–Trinajstić information content (AvgIpc) is 3.57. The third-order valence-corrected chi connectivity index (χ3v) is 6.40. The number of benzene rings is 1. The molecule has 0 amide bonds. The maximum atomic E-state index is 14.8. The summed E-state index contributed by atoms with van der Waals surface area (Å²) < 4.78 is 37.8. The number of ether oxygens (including phenoxy) is 1. The van der Waals surface area contributed by atoms with Gasteiger partial charge in [0.15, 0.2) is 5.52 Å². The second kappa shape index (κ2) is 8.19. The van der Waals surface area contributed by atoms with Gasteiger partial charge < -0.3 is 14.2 Å². The first-order valence-corrected chi connectivity index (χ1v) is 11.5. The number of anilines is 1. The van der Waals surface area contributed by atoms with Gasteiger partial charge in [0.1, 0.15) is 28.9 Å². The topological polar surface area (TPSA) is 91.0 Å². The predicted molar refractivity (Wildman–Crippen MR) is 124 cm³/mol. The highest BCUT2D eigenvalue weighted by molar-refractivity contribution is 5.89. The molecule has 0 bridgehead atoms. The van der Waals surface area contributed by atoms with Crippen LogP contribution in [0.5, 0.6) is 0 Å². The van der Waals surface area contributed by atoms with Gasteiger partial charge in [-0.2, -0.15) is 5.10 Å². The Morgan fingerprint density at radius 1 is 1.11 bits per heavy atom. The summed E-state index contributed by atoms with van der Waals surface area (Å²) in [6, 6.07) is 3.69. The van der Waals surface area contributed by atoms with Crippen molar-refractivity contribution in [3.8, 4) is 11.3 Å². The molecule has 4 heterocycles. The first kappa shape index (κ1) is 21.8. The highest BCUT2D eigenvalue weighted by atomic mass is 19.1. The number of aromatic nitrogens is 6. The SMILES string of the molecule is C[C@H]1CN(c2nc(-c3ccc(F)cc3F)c3ncn(C)c(=O)c3n2)C[C@@H](c2cnn(C3CC3)c2)O1. The van der Waals surface area contributed by atoms with Crippen LogP contribution >= 0.6 is 0 Å². The molecule has 1 aliphatic carbocycles. The van der Waals surface area contributed by atoms with Gasteiger partial charge in [-0.15, -0.1) is 0 Å². The van der Waals surface area contributed by atoms with Crippen LogP contribution in [0.4, 0.5) is 14.7 Å². The molecular weight excluding hydrogens is 456 g/mol. The van der Waals surface area contributed by atoms with Gasteiger partial charge in [0.2, 0.25) is 5.95 Å². The molecule has 0 unspecified atom stereocenters. The van der Waals surface area contributed by atoms with Crippen molar-refractivity contribution < 1.29 is 13.5 Å². The van der Waals surface area contributed by atoms with Crippen molar-refractivity contribution in [1.29, 1.82) is 0 Å². The number of hydrogen-bond acceptors (Lipinski definition) is 7. The maximum absolute atomic E-state index is 14.8. The van der Waals surface area contributed by atoms with E-state index in [4.69, 9.17) is 4.74 Å². The summed E-state index contributed by atoms with van der Waals surface area (Å²) in [4.78, 5) is 28.3. The van der Waals surface area contributed by atoms with Gasteiger partial charge in [0, 0.05) is 37.0 Å². The van der Waals surface area contributed by atoms with Crippen LogP contribution < -0.4 is 10.5 Å². The highest BCUT2D eigenvalue weighted by Crippen LogP contribution is 2.36. The minimum absolute atomic E-state index is 0.0457. The van der Waals surface area contributed by atoms with Crippen LogP contribution in [-0.2, 0) is 11.8 Å². The zero-order chi connectivity index (χ0) is 24.3. The molecular formula is C24H23F2N7O2. The van der Waals surface area contributed by atoms with Crippen molar-refractivity contribution in [1.82, 2.24) is 29.3 Å². The van der Waals surface area contributed by atoms with Gasteiger partial charge in [-0.05, 0) is 31.9 Å². The molecule has 180 valence electrons. The van der Waals surface area contributed by atoms with Crippen molar-refractivity contribution in [2.24, 2.45) is 7.05 Å². The van der Waals surface area contributed by atoms with E-state index in [1.165, 1.54) is 17.0 Å². The molecule has 0 radical (unpaired) electrons. The third-order valence-electron chi connectivity index (χ3n) is 6.40. The molecule has 1 aliphatic heterocycles. The van der Waals surface area contributed by atoms with E-state index >= 15 is 0 Å². The highest BCUT2D eigenvalue weighted by Gasteiger charge is 2.32. The molecule has 1 aromatic carbocycles. The lowest BCUT2D eigenvalue weighted by Gasteiger charge is -2.36. The molecule has 35 heavy (non-hydrogen) atoms. The molecule has 2 aliphatic rings. The zero-order valence-electron chi connectivity index (χ0n) is 19.2. The summed E-state index contributed by atoms with van der Waals surface area (Å²) in [7, 11) is 1.57. The van der Waals surface area contributed by atoms with Gasteiger partial charge in [-0.25, -0.2) is 23.7 Å². The summed E-state index contributed by atoms with van der Waals surface area (Å²) in [5.41, 5.74) is 0.978. The monoisotopic (exact) mass is 479 g/mol. The van der Waals surface area contributed by atoms with Crippen LogP contribution in [0.3, 0.4) is 0 Å². The Morgan fingerprint density at radius 2 is 1.94 bits per heavy atom. The lowest BCUT2D eigenvalue weighted by molar-refractivity contribution is -0.0178. The fourth-order valence-electron chi connectivity index (χ4n) is 4.45. The molecule has 0 spiro atoms. The fraction of sp³-hybridized carbons (Fsp3) is 0.375. The molecule has 2 fully saturated rings. The van der Waals surface area contributed by atoms with E-state index in [1.54, 1.807) is 7.05 Å². The molecule has 4 aromatic rings. The Labute approximate surface area is 199 Å². The molecule has 0 N–H and O–H groups in total. The number of rotatable bonds is 4. The van der Waals surface area contributed by atoms with Gasteiger partial charge >= 0.3 is 0 Å².